The van der Waals surface area contributed by atoms with Gasteiger partial charge in [0.2, 0.25) is 5.78 Å². The Labute approximate surface area is 200 Å². The van der Waals surface area contributed by atoms with Gasteiger partial charge in [0.05, 0.1) is 23.4 Å². The van der Waals surface area contributed by atoms with Crippen molar-refractivity contribution in [2.24, 2.45) is 11.8 Å². The summed E-state index contributed by atoms with van der Waals surface area (Å²) in [5.74, 6) is -1.97. The van der Waals surface area contributed by atoms with E-state index in [0.717, 1.165) is 36.8 Å². The van der Waals surface area contributed by atoms with Crippen molar-refractivity contribution < 1.29 is 19.1 Å². The minimum Gasteiger partial charge on any atom is -0.497 e. The van der Waals surface area contributed by atoms with Gasteiger partial charge in [-0.15, -0.1) is 0 Å². The smallest absolute Gasteiger partial charge is 0.297 e. The predicted molar refractivity (Wildman–Crippen MR) is 128 cm³/mol. The number of anilines is 1. The highest BCUT2D eigenvalue weighted by Gasteiger charge is 2.55. The number of ether oxygens (including phenoxy) is 1. The molecule has 2 fully saturated rings. The van der Waals surface area contributed by atoms with Crippen LogP contribution in [0.1, 0.15) is 42.5 Å². The molecule has 1 amide bonds. The predicted octanol–water partition coefficient (Wildman–Crippen LogP) is 5.32. The Morgan fingerprint density at radius 2 is 1.82 bits per heavy atom. The van der Waals surface area contributed by atoms with Crippen LogP contribution < -0.4 is 9.64 Å². The molecule has 1 aliphatic heterocycles. The molecule has 0 spiro atoms. The number of amides is 1. The lowest BCUT2D eigenvalue weighted by Gasteiger charge is -2.34. The van der Waals surface area contributed by atoms with E-state index in [1.807, 2.05) is 0 Å². The molecule has 0 N–H and O–H groups in total. The monoisotopic (exact) mass is 482 g/mol. The molecular formula is C25H23ClN2O4S. The van der Waals surface area contributed by atoms with Gasteiger partial charge in [-0.25, -0.2) is 4.98 Å². The van der Waals surface area contributed by atoms with Crippen molar-refractivity contribution >= 4 is 55.8 Å². The number of thiazole rings is 1. The van der Waals surface area contributed by atoms with Gasteiger partial charge < -0.3 is 4.74 Å². The van der Waals surface area contributed by atoms with Crippen molar-refractivity contribution in [3.05, 3.63) is 53.1 Å². The average Bonchev–Trinajstić information content (AvgIpc) is 3.37. The number of benzene rings is 2. The molecule has 2 atom stereocenters. The molecule has 0 radical (unpaired) electrons. The standard InChI is InChI=1S/C25H23ClN2O4S/c1-32-17-10-7-15(8-11-17)22(29)20-21(14-5-3-2-4-6-14)28(24(31)23(20)30)25-27-18-12-9-16(26)13-19(18)33-25/h7-14,20-21H,2-6H2,1H3. The highest BCUT2D eigenvalue weighted by atomic mass is 35.5. The van der Waals surface area contributed by atoms with Crippen molar-refractivity contribution in [1.82, 2.24) is 4.98 Å². The Balaban J connectivity index is 1.57. The Hall–Kier alpha value is -2.77. The molecule has 1 aromatic heterocycles. The number of carbonyl (C=O) groups excluding carboxylic acids is 3. The third kappa shape index (κ3) is 3.93. The summed E-state index contributed by atoms with van der Waals surface area (Å²) in [4.78, 5) is 46.3. The maximum atomic E-state index is 13.6. The molecule has 2 heterocycles. The molecule has 0 bridgehead atoms. The van der Waals surface area contributed by atoms with Crippen LogP contribution in [0.3, 0.4) is 0 Å². The van der Waals surface area contributed by atoms with Gasteiger partial charge >= 0.3 is 0 Å². The summed E-state index contributed by atoms with van der Waals surface area (Å²) in [5.41, 5.74) is 1.12. The van der Waals surface area contributed by atoms with Crippen molar-refractivity contribution in [2.45, 2.75) is 38.1 Å². The lowest BCUT2D eigenvalue weighted by Crippen LogP contribution is -2.43. The number of rotatable bonds is 5. The number of carbonyl (C=O) groups is 3. The second-order valence-corrected chi connectivity index (χ2v) is 10.1. The van der Waals surface area contributed by atoms with Gasteiger partial charge in [0, 0.05) is 10.6 Å². The first-order valence-electron chi connectivity index (χ1n) is 11.1. The minimum atomic E-state index is -1.04. The first kappa shape index (κ1) is 22.0. The molecule has 2 aromatic carbocycles. The summed E-state index contributed by atoms with van der Waals surface area (Å²) in [6.45, 7) is 0. The van der Waals surface area contributed by atoms with Gasteiger partial charge in [0.1, 0.15) is 11.7 Å². The molecule has 33 heavy (non-hydrogen) atoms. The molecule has 170 valence electrons. The summed E-state index contributed by atoms with van der Waals surface area (Å²) in [6, 6.07) is 11.5. The molecular weight excluding hydrogens is 460 g/mol. The molecule has 8 heteroatoms. The largest absolute Gasteiger partial charge is 0.497 e. The van der Waals surface area contributed by atoms with Gasteiger partial charge in [-0.1, -0.05) is 42.2 Å². The third-order valence-corrected chi connectivity index (χ3v) is 7.94. The highest BCUT2D eigenvalue weighted by molar-refractivity contribution is 7.22. The zero-order valence-electron chi connectivity index (χ0n) is 18.1. The van der Waals surface area contributed by atoms with Crippen LogP contribution in [-0.2, 0) is 9.59 Å². The van der Waals surface area contributed by atoms with E-state index in [1.54, 1.807) is 49.6 Å². The number of ketones is 2. The van der Waals surface area contributed by atoms with Crippen molar-refractivity contribution in [1.29, 1.82) is 0 Å². The number of fused-ring (bicyclic) bond motifs is 1. The first-order valence-corrected chi connectivity index (χ1v) is 12.3. The van der Waals surface area contributed by atoms with E-state index >= 15 is 0 Å². The van der Waals surface area contributed by atoms with Gasteiger partial charge in [-0.3, -0.25) is 19.3 Å². The average molecular weight is 483 g/mol. The van der Waals surface area contributed by atoms with Crippen LogP contribution in [0.2, 0.25) is 5.02 Å². The molecule has 1 saturated heterocycles. The lowest BCUT2D eigenvalue weighted by atomic mass is 9.76. The molecule has 5 rings (SSSR count). The Bertz CT molecular complexity index is 1230. The fourth-order valence-electron chi connectivity index (χ4n) is 5.06. The number of methoxy groups -OCH3 is 1. The van der Waals surface area contributed by atoms with Crippen LogP contribution >= 0.6 is 22.9 Å². The second kappa shape index (κ2) is 8.88. The second-order valence-electron chi connectivity index (χ2n) is 8.61. The Morgan fingerprint density at radius 3 is 2.52 bits per heavy atom. The molecule has 2 unspecified atom stereocenters. The van der Waals surface area contributed by atoms with E-state index in [-0.39, 0.29) is 11.7 Å². The van der Waals surface area contributed by atoms with Crippen LogP contribution in [0, 0.1) is 11.8 Å². The summed E-state index contributed by atoms with van der Waals surface area (Å²) < 4.78 is 6.02. The Morgan fingerprint density at radius 1 is 1.09 bits per heavy atom. The summed E-state index contributed by atoms with van der Waals surface area (Å²) >= 11 is 7.46. The number of halogens is 1. The van der Waals surface area contributed by atoms with Crippen LogP contribution in [0.25, 0.3) is 10.2 Å². The van der Waals surface area contributed by atoms with Gasteiger partial charge in [-0.05, 0) is 61.2 Å². The zero-order valence-corrected chi connectivity index (χ0v) is 19.7. The zero-order chi connectivity index (χ0) is 23.1. The number of hydrogen-bond acceptors (Lipinski definition) is 6. The normalized spacial score (nSPS) is 21.7. The number of nitrogens with zero attached hydrogens (tertiary/aromatic N) is 2. The van der Waals surface area contributed by atoms with Crippen molar-refractivity contribution in [2.75, 3.05) is 12.0 Å². The van der Waals surface area contributed by atoms with Crippen LogP contribution in [-0.4, -0.2) is 35.6 Å². The fraction of sp³-hybridized carbons (Fsp3) is 0.360. The van der Waals surface area contributed by atoms with Crippen LogP contribution in [0.4, 0.5) is 5.13 Å². The number of aromatic nitrogens is 1. The van der Waals surface area contributed by atoms with E-state index in [1.165, 1.54) is 16.2 Å². The third-order valence-electron chi connectivity index (χ3n) is 6.69. The van der Waals surface area contributed by atoms with E-state index in [4.69, 9.17) is 16.3 Å². The van der Waals surface area contributed by atoms with Crippen molar-refractivity contribution in [3.8, 4) is 5.75 Å². The van der Waals surface area contributed by atoms with Gasteiger partial charge in [0.25, 0.3) is 5.91 Å². The summed E-state index contributed by atoms with van der Waals surface area (Å²) in [6.07, 6.45) is 4.93. The molecule has 3 aromatic rings. The number of Topliss-reactive ketones (excluding diaryl/α,β-unsaturated/α-hetero) is 2. The van der Waals surface area contributed by atoms with Gasteiger partial charge in [0.15, 0.2) is 10.9 Å². The SMILES string of the molecule is COc1ccc(C(=O)C2C(=O)C(=O)N(c3nc4ccc(Cl)cc4s3)C2C2CCCCC2)cc1. The maximum absolute atomic E-state index is 13.6. The maximum Gasteiger partial charge on any atom is 0.297 e. The fourth-order valence-corrected chi connectivity index (χ4v) is 6.35. The number of hydrogen-bond donors (Lipinski definition) is 0. The summed E-state index contributed by atoms with van der Waals surface area (Å²) in [7, 11) is 1.55. The van der Waals surface area contributed by atoms with Gasteiger partial charge in [-0.2, -0.15) is 0 Å². The first-order chi connectivity index (χ1) is 16.0. The van der Waals surface area contributed by atoms with E-state index in [2.05, 4.69) is 4.98 Å². The van der Waals surface area contributed by atoms with E-state index in [0.29, 0.717) is 27.0 Å². The van der Waals surface area contributed by atoms with Crippen molar-refractivity contribution in [3.63, 3.8) is 0 Å². The molecule has 6 nitrogen and oxygen atoms in total. The van der Waals surface area contributed by atoms with E-state index in [9.17, 15) is 14.4 Å². The molecule has 2 aliphatic rings. The van der Waals surface area contributed by atoms with Crippen LogP contribution in [0.5, 0.6) is 5.75 Å². The quantitative estimate of drug-likeness (QED) is 0.279. The topological polar surface area (TPSA) is 76.6 Å². The highest BCUT2D eigenvalue weighted by Crippen LogP contribution is 2.43. The van der Waals surface area contributed by atoms with E-state index < -0.39 is 23.7 Å². The molecule has 1 saturated carbocycles. The van der Waals surface area contributed by atoms with Crippen LogP contribution in [0.15, 0.2) is 42.5 Å². The minimum absolute atomic E-state index is 0.0666. The Kier molecular flexibility index (Phi) is 5.93. The summed E-state index contributed by atoms with van der Waals surface area (Å²) in [5, 5.41) is 1.03. The lowest BCUT2D eigenvalue weighted by molar-refractivity contribution is -0.135. The molecule has 1 aliphatic carbocycles.